The number of hydrogen-bond donors (Lipinski definition) is 4. The van der Waals surface area contributed by atoms with E-state index in [-0.39, 0.29) is 11.7 Å². The van der Waals surface area contributed by atoms with Crippen LogP contribution in [0.5, 0.6) is 0 Å². The van der Waals surface area contributed by atoms with E-state index in [0.717, 1.165) is 80.2 Å². The van der Waals surface area contributed by atoms with Gasteiger partial charge in [-0.1, -0.05) is 36.4 Å². The summed E-state index contributed by atoms with van der Waals surface area (Å²) in [6.45, 7) is 19.9. The van der Waals surface area contributed by atoms with Gasteiger partial charge in [0.2, 0.25) is 5.91 Å². The summed E-state index contributed by atoms with van der Waals surface area (Å²) in [7, 11) is 0. The molecule has 0 fully saturated rings. The Morgan fingerprint density at radius 1 is 0.776 bits per heavy atom. The fourth-order valence-electron chi connectivity index (χ4n) is 6.36. The molecule has 0 atom stereocenters. The molecule has 12 nitrogen and oxygen atoms in total. The highest BCUT2D eigenvalue weighted by Gasteiger charge is 2.23. The van der Waals surface area contributed by atoms with E-state index in [9.17, 15) is 4.79 Å². The number of amidine groups is 1. The number of aromatic amines is 2. The summed E-state index contributed by atoms with van der Waals surface area (Å²) in [6.07, 6.45) is 10.1. The molecule has 2 aromatic heterocycles. The van der Waals surface area contributed by atoms with Gasteiger partial charge in [-0.05, 0) is 54.2 Å². The van der Waals surface area contributed by atoms with Crippen LogP contribution in [0.25, 0.3) is 9.69 Å². The number of hydrogen-bond acceptors (Lipinski definition) is 6. The lowest BCUT2D eigenvalue weighted by atomic mass is 10.1. The fraction of sp³-hybridized carbons (Fsp3) is 0.243. The van der Waals surface area contributed by atoms with Crippen molar-refractivity contribution in [3.8, 4) is 0 Å². The van der Waals surface area contributed by atoms with Crippen molar-refractivity contribution in [1.82, 2.24) is 19.9 Å². The Morgan fingerprint density at radius 3 is 1.76 bits per heavy atom. The Kier molecular flexibility index (Phi) is 9.68. The molecule has 5 N–H and O–H groups in total. The number of nitrogens with zero attached hydrogens (tertiary/aromatic N) is 7. The Bertz CT molecular complexity index is 2040. The molecule has 246 valence electrons. The predicted molar refractivity (Wildman–Crippen MR) is 191 cm³/mol. The number of nitrogen functional groups attached to an aromatic ring is 1. The Labute approximate surface area is 285 Å². The highest BCUT2D eigenvalue weighted by Crippen LogP contribution is 2.34. The summed E-state index contributed by atoms with van der Waals surface area (Å²) in [5.74, 6) is 0.164. The van der Waals surface area contributed by atoms with Gasteiger partial charge in [0, 0.05) is 61.6 Å². The standard InChI is InChI=1S/C13H15N5.C13H12N4.C11H10N2O/c14-13(15)10-2-1-9-3-4-18(12(9)5-10)7-11-6-16-8-17-11;1-14-11-3-2-10-4-5-17(13(10)6-11)8-12-7-15-9-16-12;1-8(14)13-6-5-9-3-4-10(12-2)7-11(9)13/h1-2,5-6,8H,3-4,7H2,(H3,14,15)(H,16,17);2-3,6-7,9H,4-5,8H2,(H,15,16);3-4,7H,5-6H2,1H3. The molecule has 0 bridgehead atoms. The first-order valence-corrected chi connectivity index (χ1v) is 16.0. The molecule has 0 unspecified atom stereocenters. The lowest BCUT2D eigenvalue weighted by Gasteiger charge is -2.18. The molecule has 3 aromatic carbocycles. The van der Waals surface area contributed by atoms with Crippen molar-refractivity contribution >= 4 is 40.2 Å². The van der Waals surface area contributed by atoms with Gasteiger partial charge in [-0.15, -0.1) is 0 Å². The number of H-pyrrole nitrogens is 2. The molecule has 8 rings (SSSR count). The van der Waals surface area contributed by atoms with Crippen LogP contribution >= 0.6 is 0 Å². The zero-order valence-electron chi connectivity index (χ0n) is 27.3. The summed E-state index contributed by atoms with van der Waals surface area (Å²) in [6, 6.07) is 17.5. The number of benzene rings is 3. The number of imidazole rings is 2. The smallest absolute Gasteiger partial charge is 0.223 e. The number of nitrogens with one attached hydrogen (secondary N) is 3. The van der Waals surface area contributed by atoms with Crippen molar-refractivity contribution in [3.05, 3.63) is 136 Å². The van der Waals surface area contributed by atoms with Gasteiger partial charge in [-0.2, -0.15) is 0 Å². The van der Waals surface area contributed by atoms with E-state index < -0.39 is 0 Å². The van der Waals surface area contributed by atoms with Crippen molar-refractivity contribution in [3.63, 3.8) is 0 Å². The lowest BCUT2D eigenvalue weighted by molar-refractivity contribution is -0.116. The highest BCUT2D eigenvalue weighted by molar-refractivity contribution is 5.96. The van der Waals surface area contributed by atoms with Gasteiger partial charge < -0.3 is 30.4 Å². The molecular weight excluding hydrogens is 614 g/mol. The van der Waals surface area contributed by atoms with Crippen molar-refractivity contribution in [1.29, 1.82) is 5.41 Å². The van der Waals surface area contributed by atoms with Gasteiger partial charge >= 0.3 is 0 Å². The van der Waals surface area contributed by atoms with Crippen molar-refractivity contribution in [2.75, 3.05) is 34.3 Å². The fourth-order valence-corrected chi connectivity index (χ4v) is 6.36. The lowest BCUT2D eigenvalue weighted by Crippen LogP contribution is -2.25. The van der Waals surface area contributed by atoms with Crippen LogP contribution in [0.2, 0.25) is 0 Å². The molecule has 49 heavy (non-hydrogen) atoms. The normalized spacial score (nSPS) is 13.6. The number of fused-ring (bicyclic) bond motifs is 3. The van der Waals surface area contributed by atoms with E-state index >= 15 is 0 Å². The summed E-state index contributed by atoms with van der Waals surface area (Å²) in [4.78, 5) is 38.7. The maximum absolute atomic E-state index is 11.3. The van der Waals surface area contributed by atoms with Gasteiger partial charge in [0.25, 0.3) is 0 Å². The number of carbonyl (C=O) groups excluding carboxylic acids is 1. The quantitative estimate of drug-likeness (QED) is 0.106. The average molecular weight is 652 g/mol. The van der Waals surface area contributed by atoms with E-state index in [4.69, 9.17) is 24.3 Å². The first-order chi connectivity index (χ1) is 23.8. The van der Waals surface area contributed by atoms with E-state index in [2.05, 4.69) is 51.6 Å². The monoisotopic (exact) mass is 651 g/mol. The minimum absolute atomic E-state index is 0.0471. The summed E-state index contributed by atoms with van der Waals surface area (Å²) >= 11 is 0. The minimum atomic E-state index is 0.0471. The molecule has 0 saturated heterocycles. The second-order valence-electron chi connectivity index (χ2n) is 12.0. The summed E-state index contributed by atoms with van der Waals surface area (Å²) in [5, 5.41) is 7.50. The first-order valence-electron chi connectivity index (χ1n) is 16.0. The van der Waals surface area contributed by atoms with Crippen molar-refractivity contribution < 1.29 is 4.79 Å². The molecular formula is C37H37N11O. The van der Waals surface area contributed by atoms with Crippen LogP contribution < -0.4 is 20.4 Å². The van der Waals surface area contributed by atoms with Crippen LogP contribution in [-0.2, 0) is 37.1 Å². The Hall–Kier alpha value is -6.40. The van der Waals surface area contributed by atoms with Gasteiger partial charge in [0.1, 0.15) is 5.84 Å². The molecule has 0 aliphatic carbocycles. The molecule has 0 spiro atoms. The number of anilines is 3. The third-order valence-corrected chi connectivity index (χ3v) is 8.88. The van der Waals surface area contributed by atoms with Crippen LogP contribution in [0, 0.1) is 18.6 Å². The number of carbonyl (C=O) groups is 1. The zero-order valence-corrected chi connectivity index (χ0v) is 27.3. The van der Waals surface area contributed by atoms with Crippen LogP contribution in [0.4, 0.5) is 28.4 Å². The second-order valence-corrected chi connectivity index (χ2v) is 12.0. The molecule has 12 heteroatoms. The number of rotatable bonds is 5. The molecule has 0 radical (unpaired) electrons. The highest BCUT2D eigenvalue weighted by atomic mass is 16.2. The largest absolute Gasteiger partial charge is 0.384 e. The Morgan fingerprint density at radius 2 is 1.27 bits per heavy atom. The van der Waals surface area contributed by atoms with Crippen LogP contribution in [0.1, 0.15) is 40.6 Å². The van der Waals surface area contributed by atoms with E-state index in [1.807, 2.05) is 42.7 Å². The zero-order chi connectivity index (χ0) is 34.3. The molecule has 0 saturated carbocycles. The molecule has 1 amide bonds. The van der Waals surface area contributed by atoms with E-state index in [0.29, 0.717) is 11.4 Å². The summed E-state index contributed by atoms with van der Waals surface area (Å²) < 4.78 is 0. The molecule has 5 aromatic rings. The third-order valence-electron chi connectivity index (χ3n) is 8.88. The van der Waals surface area contributed by atoms with Crippen molar-refractivity contribution in [2.45, 2.75) is 39.3 Å². The molecule has 3 aliphatic heterocycles. The topological polar surface area (TPSA) is 143 Å². The van der Waals surface area contributed by atoms with Gasteiger partial charge in [-0.3, -0.25) is 10.2 Å². The number of amides is 1. The van der Waals surface area contributed by atoms with E-state index in [1.165, 1.54) is 22.5 Å². The average Bonchev–Trinajstić information content (AvgIpc) is 3.97. The van der Waals surface area contributed by atoms with Crippen LogP contribution in [-0.4, -0.2) is 51.3 Å². The van der Waals surface area contributed by atoms with Gasteiger partial charge in [0.05, 0.1) is 50.3 Å². The maximum atomic E-state index is 11.3. The first kappa shape index (κ1) is 32.5. The summed E-state index contributed by atoms with van der Waals surface area (Å²) in [5.41, 5.74) is 16.9. The molecule has 3 aliphatic rings. The second kappa shape index (κ2) is 14.6. The SMILES string of the molecule is N=C(N)c1ccc2c(c1)N(Cc1cnc[nH]1)CC2.[C-]#[N+]c1ccc2c(c1)N(C(C)=O)CC2.[C-]#[N+]c1ccc2c(c1)N(Cc1cnc[nH]1)CC2. The number of aromatic nitrogens is 4. The maximum Gasteiger partial charge on any atom is 0.223 e. The number of nitrogens with two attached hydrogens (primary N) is 1. The minimum Gasteiger partial charge on any atom is -0.384 e. The van der Waals surface area contributed by atoms with E-state index in [1.54, 1.807) is 36.6 Å². The molecule has 5 heterocycles. The van der Waals surface area contributed by atoms with Crippen LogP contribution in [0.3, 0.4) is 0 Å². The third kappa shape index (κ3) is 7.45. The van der Waals surface area contributed by atoms with Crippen molar-refractivity contribution in [2.24, 2.45) is 5.73 Å². The van der Waals surface area contributed by atoms with Gasteiger partial charge in [0.15, 0.2) is 11.4 Å². The van der Waals surface area contributed by atoms with Crippen LogP contribution in [0.15, 0.2) is 79.6 Å². The van der Waals surface area contributed by atoms with Gasteiger partial charge in [-0.25, -0.2) is 19.7 Å². The predicted octanol–water partition coefficient (Wildman–Crippen LogP) is 5.93. The Balaban J connectivity index is 0.000000129.